The summed E-state index contributed by atoms with van der Waals surface area (Å²) in [6, 6.07) is 0. The van der Waals surface area contributed by atoms with Crippen LogP contribution in [0.4, 0.5) is 0 Å². The first-order valence-electron chi connectivity index (χ1n) is 8.59. The summed E-state index contributed by atoms with van der Waals surface area (Å²) in [6.07, 6.45) is 10.6. The molecule has 3 N–H and O–H groups in total. The first kappa shape index (κ1) is 20.9. The van der Waals surface area contributed by atoms with Crippen molar-refractivity contribution in [3.8, 4) is 0 Å². The molecule has 0 aromatic rings. The fraction of sp³-hybridized carbons (Fsp3) is 0.875. The quantitative estimate of drug-likeness (QED) is 0.218. The fourth-order valence-corrected chi connectivity index (χ4v) is 2.10. The maximum absolute atomic E-state index is 11.0. The minimum atomic E-state index is 0.152. The second kappa shape index (κ2) is 17.9. The normalized spacial score (nSPS) is 10.4. The van der Waals surface area contributed by atoms with E-state index in [-0.39, 0.29) is 5.91 Å². The number of hydroxylamine groups is 1. The van der Waals surface area contributed by atoms with E-state index in [1.807, 2.05) is 6.92 Å². The zero-order chi connectivity index (χ0) is 16.3. The molecule has 0 aliphatic carbocycles. The Morgan fingerprint density at radius 3 is 2.14 bits per heavy atom. The molecule has 0 aliphatic rings. The van der Waals surface area contributed by atoms with Crippen molar-refractivity contribution in [1.29, 1.82) is 0 Å². The zero-order valence-electron chi connectivity index (χ0n) is 14.0. The third-order valence-electron chi connectivity index (χ3n) is 3.41. The molecule has 2 amide bonds. The molecule has 0 unspecified atom stereocenters. The Kier molecular flexibility index (Phi) is 17.0. The van der Waals surface area contributed by atoms with E-state index in [1.54, 1.807) is 0 Å². The lowest BCUT2D eigenvalue weighted by molar-refractivity contribution is -0.121. The van der Waals surface area contributed by atoms with Gasteiger partial charge >= 0.3 is 0 Å². The summed E-state index contributed by atoms with van der Waals surface area (Å²) in [5.41, 5.74) is 2.17. The van der Waals surface area contributed by atoms with Gasteiger partial charge in [-0.2, -0.15) is 0 Å². The number of unbranched alkanes of at least 4 members (excludes halogenated alkanes) is 6. The number of hydrogen-bond donors (Lipinski definition) is 3. The van der Waals surface area contributed by atoms with Gasteiger partial charge in [-0.15, -0.1) is 0 Å². The molecule has 6 nitrogen and oxygen atoms in total. The first-order valence-corrected chi connectivity index (χ1v) is 8.59. The van der Waals surface area contributed by atoms with Gasteiger partial charge in [-0.25, -0.2) is 5.48 Å². The molecular formula is C16H33N3O3. The zero-order valence-corrected chi connectivity index (χ0v) is 14.0. The van der Waals surface area contributed by atoms with Crippen molar-refractivity contribution in [2.75, 3.05) is 26.2 Å². The van der Waals surface area contributed by atoms with Crippen LogP contribution in [-0.2, 0) is 14.4 Å². The Morgan fingerprint density at radius 1 is 0.909 bits per heavy atom. The molecule has 0 heterocycles. The summed E-state index contributed by atoms with van der Waals surface area (Å²) in [6.45, 7) is 5.21. The molecule has 0 aliphatic heterocycles. The van der Waals surface area contributed by atoms with E-state index in [2.05, 4.69) is 16.1 Å². The maximum Gasteiger partial charge on any atom is 0.230 e. The van der Waals surface area contributed by atoms with Crippen molar-refractivity contribution in [3.05, 3.63) is 0 Å². The summed E-state index contributed by atoms with van der Waals surface area (Å²) < 4.78 is 0. The van der Waals surface area contributed by atoms with Crippen LogP contribution in [0, 0.1) is 0 Å². The molecule has 0 bridgehead atoms. The van der Waals surface area contributed by atoms with Crippen LogP contribution in [-0.4, -0.2) is 38.6 Å². The van der Waals surface area contributed by atoms with Crippen LogP contribution < -0.4 is 16.1 Å². The molecule has 0 atom stereocenters. The maximum atomic E-state index is 11.0. The van der Waals surface area contributed by atoms with E-state index in [4.69, 9.17) is 4.84 Å². The summed E-state index contributed by atoms with van der Waals surface area (Å²) in [5, 5.41) is 6.26. The smallest absolute Gasteiger partial charge is 0.230 e. The average Bonchev–Trinajstić information content (AvgIpc) is 2.54. The number of amides is 2. The molecule has 6 heteroatoms. The van der Waals surface area contributed by atoms with Gasteiger partial charge in [0, 0.05) is 13.0 Å². The minimum absolute atomic E-state index is 0.152. The van der Waals surface area contributed by atoms with Crippen LogP contribution in [0.1, 0.15) is 64.7 Å². The molecule has 0 spiro atoms. The van der Waals surface area contributed by atoms with E-state index in [0.29, 0.717) is 19.4 Å². The number of carbonyl (C=O) groups excluding carboxylic acids is 2. The van der Waals surface area contributed by atoms with Gasteiger partial charge in [-0.05, 0) is 32.4 Å². The number of hydrogen-bond acceptors (Lipinski definition) is 4. The number of nitrogens with one attached hydrogen (secondary N) is 3. The lowest BCUT2D eigenvalue weighted by Gasteiger charge is -2.05. The average molecular weight is 315 g/mol. The Bertz CT molecular complexity index is 263. The van der Waals surface area contributed by atoms with Crippen molar-refractivity contribution in [1.82, 2.24) is 16.1 Å². The molecule has 0 radical (unpaired) electrons. The topological polar surface area (TPSA) is 79.5 Å². The highest BCUT2D eigenvalue weighted by Gasteiger charge is 1.96. The first-order chi connectivity index (χ1) is 10.8. The minimum Gasteiger partial charge on any atom is -0.356 e. The predicted molar refractivity (Wildman–Crippen MR) is 88.3 cm³/mol. The van der Waals surface area contributed by atoms with Gasteiger partial charge in [0.25, 0.3) is 0 Å². The Labute approximate surface area is 134 Å². The second-order valence-corrected chi connectivity index (χ2v) is 5.37. The van der Waals surface area contributed by atoms with E-state index < -0.39 is 0 Å². The van der Waals surface area contributed by atoms with Crippen molar-refractivity contribution in [2.45, 2.75) is 64.7 Å². The highest BCUT2D eigenvalue weighted by molar-refractivity contribution is 5.75. The van der Waals surface area contributed by atoms with Crippen LogP contribution in [0.15, 0.2) is 0 Å². The van der Waals surface area contributed by atoms with E-state index in [0.717, 1.165) is 32.5 Å². The summed E-state index contributed by atoms with van der Waals surface area (Å²) >= 11 is 0. The van der Waals surface area contributed by atoms with Crippen LogP contribution in [0.3, 0.4) is 0 Å². The molecule has 22 heavy (non-hydrogen) atoms. The van der Waals surface area contributed by atoms with Crippen molar-refractivity contribution in [3.63, 3.8) is 0 Å². The standard InChI is InChI=1S/C16H33N3O3/c1-2-16(21)18-13-9-7-5-3-4-6-8-11-17-12-10-14-22-19-15-20/h15,17H,2-14H2,1H3,(H,18,21)(H,19,20). The van der Waals surface area contributed by atoms with E-state index >= 15 is 0 Å². The molecular weight excluding hydrogens is 282 g/mol. The summed E-state index contributed by atoms with van der Waals surface area (Å²) in [4.78, 5) is 25.7. The van der Waals surface area contributed by atoms with Gasteiger partial charge < -0.3 is 10.6 Å². The Hall–Kier alpha value is -1.14. The Morgan fingerprint density at radius 2 is 1.50 bits per heavy atom. The predicted octanol–water partition coefficient (Wildman–Crippen LogP) is 1.90. The second-order valence-electron chi connectivity index (χ2n) is 5.37. The van der Waals surface area contributed by atoms with Gasteiger partial charge in [0.2, 0.25) is 12.3 Å². The van der Waals surface area contributed by atoms with Gasteiger partial charge in [0.15, 0.2) is 0 Å². The Balaban J connectivity index is 2.99. The molecule has 0 rings (SSSR count). The third-order valence-corrected chi connectivity index (χ3v) is 3.41. The third kappa shape index (κ3) is 16.9. The van der Waals surface area contributed by atoms with E-state index in [9.17, 15) is 9.59 Å². The van der Waals surface area contributed by atoms with E-state index in [1.165, 1.54) is 38.5 Å². The molecule has 130 valence electrons. The van der Waals surface area contributed by atoms with Crippen LogP contribution in [0.2, 0.25) is 0 Å². The largest absolute Gasteiger partial charge is 0.356 e. The van der Waals surface area contributed by atoms with Crippen LogP contribution in [0.25, 0.3) is 0 Å². The van der Waals surface area contributed by atoms with Crippen molar-refractivity contribution >= 4 is 12.3 Å². The van der Waals surface area contributed by atoms with Gasteiger partial charge in [-0.1, -0.05) is 39.0 Å². The SMILES string of the molecule is CCC(=O)NCCCCCCCCCNCCCONC=O. The lowest BCUT2D eigenvalue weighted by atomic mass is 10.1. The van der Waals surface area contributed by atoms with Crippen molar-refractivity contribution in [2.24, 2.45) is 0 Å². The van der Waals surface area contributed by atoms with Crippen LogP contribution >= 0.6 is 0 Å². The number of rotatable bonds is 17. The van der Waals surface area contributed by atoms with Gasteiger partial charge in [-0.3, -0.25) is 14.4 Å². The lowest BCUT2D eigenvalue weighted by Crippen LogP contribution is -2.23. The summed E-state index contributed by atoms with van der Waals surface area (Å²) in [5.74, 6) is 0.152. The number of carbonyl (C=O) groups is 2. The van der Waals surface area contributed by atoms with Gasteiger partial charge in [0.05, 0.1) is 6.61 Å². The highest BCUT2D eigenvalue weighted by atomic mass is 16.6. The fourth-order valence-electron chi connectivity index (χ4n) is 2.10. The molecule has 0 saturated heterocycles. The molecule has 0 saturated carbocycles. The van der Waals surface area contributed by atoms with Crippen LogP contribution in [0.5, 0.6) is 0 Å². The monoisotopic (exact) mass is 315 g/mol. The molecule has 0 fully saturated rings. The highest BCUT2D eigenvalue weighted by Crippen LogP contribution is 2.06. The van der Waals surface area contributed by atoms with Gasteiger partial charge in [0.1, 0.15) is 0 Å². The summed E-state index contributed by atoms with van der Waals surface area (Å²) in [7, 11) is 0. The van der Waals surface area contributed by atoms with Crippen molar-refractivity contribution < 1.29 is 14.4 Å². The molecule has 0 aromatic carbocycles. The molecule has 0 aromatic heterocycles.